The molecule has 2 aromatic rings. The molecule has 25 heavy (non-hydrogen) atoms. The van der Waals surface area contributed by atoms with E-state index in [-0.39, 0.29) is 6.04 Å². The lowest BCUT2D eigenvalue weighted by Gasteiger charge is -2.31. The highest BCUT2D eigenvalue weighted by atomic mass is 35.5. The molecule has 0 aromatic heterocycles. The fraction of sp³-hybridized carbons (Fsp3) is 0.368. The van der Waals surface area contributed by atoms with Crippen LogP contribution >= 0.6 is 11.6 Å². The molecule has 0 amide bonds. The number of hydrogen-bond acceptors (Lipinski definition) is 2. The summed E-state index contributed by atoms with van der Waals surface area (Å²) in [6, 6.07) is 12.9. The van der Waals surface area contributed by atoms with Crippen LogP contribution in [-0.2, 0) is 6.18 Å². The van der Waals surface area contributed by atoms with E-state index in [2.05, 4.69) is 10.2 Å². The van der Waals surface area contributed by atoms with Crippen LogP contribution in [0, 0.1) is 0 Å². The van der Waals surface area contributed by atoms with Crippen molar-refractivity contribution in [2.75, 3.05) is 26.2 Å². The fourth-order valence-corrected chi connectivity index (χ4v) is 3.36. The zero-order valence-corrected chi connectivity index (χ0v) is 14.4. The molecule has 0 aliphatic carbocycles. The van der Waals surface area contributed by atoms with Crippen LogP contribution in [0.15, 0.2) is 48.5 Å². The standard InChI is InChI=1S/C19H20ClF3N2/c20-17-8-4-15(5-9-17)18(25-12-1-10-24-11-13-25)14-2-6-16(7-3-14)19(21,22)23/h2-9,18,24H,1,10-13H2. The van der Waals surface area contributed by atoms with Crippen LogP contribution in [0.4, 0.5) is 13.2 Å². The number of halogens is 4. The van der Waals surface area contributed by atoms with E-state index in [9.17, 15) is 13.2 Å². The molecule has 2 nitrogen and oxygen atoms in total. The summed E-state index contributed by atoms with van der Waals surface area (Å²) in [7, 11) is 0. The zero-order chi connectivity index (χ0) is 17.9. The van der Waals surface area contributed by atoms with Crippen molar-refractivity contribution in [3.05, 3.63) is 70.2 Å². The third-order valence-electron chi connectivity index (χ3n) is 4.48. The van der Waals surface area contributed by atoms with Gasteiger partial charge in [-0.05, 0) is 48.4 Å². The summed E-state index contributed by atoms with van der Waals surface area (Å²) in [5, 5.41) is 4.01. The van der Waals surface area contributed by atoms with Crippen molar-refractivity contribution < 1.29 is 13.2 Å². The number of hydrogen-bond donors (Lipinski definition) is 1. The van der Waals surface area contributed by atoms with Gasteiger partial charge >= 0.3 is 6.18 Å². The van der Waals surface area contributed by atoms with E-state index in [0.29, 0.717) is 5.02 Å². The highest BCUT2D eigenvalue weighted by Gasteiger charge is 2.31. The first kappa shape index (κ1) is 18.2. The monoisotopic (exact) mass is 368 g/mol. The van der Waals surface area contributed by atoms with Gasteiger partial charge in [0.1, 0.15) is 0 Å². The quantitative estimate of drug-likeness (QED) is 0.841. The molecular formula is C19H20ClF3N2. The highest BCUT2D eigenvalue weighted by Crippen LogP contribution is 2.33. The number of nitrogens with zero attached hydrogens (tertiary/aromatic N) is 1. The number of rotatable bonds is 3. The molecule has 1 aliphatic rings. The Kier molecular flexibility index (Phi) is 5.67. The van der Waals surface area contributed by atoms with Crippen molar-refractivity contribution in [2.45, 2.75) is 18.6 Å². The molecule has 0 radical (unpaired) electrons. The molecule has 1 unspecified atom stereocenters. The number of benzene rings is 2. The van der Waals surface area contributed by atoms with Gasteiger partial charge in [0.05, 0.1) is 11.6 Å². The second-order valence-electron chi connectivity index (χ2n) is 6.21. The summed E-state index contributed by atoms with van der Waals surface area (Å²) in [5.74, 6) is 0. The van der Waals surface area contributed by atoms with Gasteiger partial charge in [-0.15, -0.1) is 0 Å². The van der Waals surface area contributed by atoms with Crippen molar-refractivity contribution in [3.8, 4) is 0 Å². The van der Waals surface area contributed by atoms with Gasteiger partial charge < -0.3 is 5.32 Å². The molecule has 0 bridgehead atoms. The topological polar surface area (TPSA) is 15.3 Å². The van der Waals surface area contributed by atoms with Gasteiger partial charge in [0.2, 0.25) is 0 Å². The summed E-state index contributed by atoms with van der Waals surface area (Å²) >= 11 is 6.00. The van der Waals surface area contributed by atoms with Crippen molar-refractivity contribution in [1.29, 1.82) is 0 Å². The Morgan fingerprint density at radius 2 is 1.48 bits per heavy atom. The SMILES string of the molecule is FC(F)(F)c1ccc(C(c2ccc(Cl)cc2)N2CCCNCC2)cc1. The molecule has 134 valence electrons. The minimum Gasteiger partial charge on any atom is -0.315 e. The summed E-state index contributed by atoms with van der Waals surface area (Å²) in [6.07, 6.45) is -3.31. The molecule has 1 heterocycles. The first-order chi connectivity index (χ1) is 11.9. The van der Waals surface area contributed by atoms with E-state index in [1.54, 1.807) is 12.1 Å². The molecule has 1 aliphatic heterocycles. The second kappa shape index (κ2) is 7.77. The fourth-order valence-electron chi connectivity index (χ4n) is 3.24. The van der Waals surface area contributed by atoms with Gasteiger partial charge in [-0.1, -0.05) is 35.9 Å². The smallest absolute Gasteiger partial charge is 0.315 e. The van der Waals surface area contributed by atoms with E-state index < -0.39 is 11.7 Å². The Hall–Kier alpha value is -1.56. The lowest BCUT2D eigenvalue weighted by atomic mass is 9.95. The first-order valence-corrected chi connectivity index (χ1v) is 8.70. The van der Waals surface area contributed by atoms with Gasteiger partial charge in [0, 0.05) is 24.7 Å². The van der Waals surface area contributed by atoms with Gasteiger partial charge in [-0.3, -0.25) is 4.90 Å². The van der Waals surface area contributed by atoms with E-state index in [0.717, 1.165) is 55.9 Å². The van der Waals surface area contributed by atoms with Crippen LogP contribution in [-0.4, -0.2) is 31.1 Å². The van der Waals surface area contributed by atoms with Gasteiger partial charge in [-0.2, -0.15) is 13.2 Å². The zero-order valence-electron chi connectivity index (χ0n) is 13.7. The van der Waals surface area contributed by atoms with Crippen LogP contribution in [0.2, 0.25) is 5.02 Å². The minimum atomic E-state index is -4.32. The van der Waals surface area contributed by atoms with Crippen LogP contribution in [0.5, 0.6) is 0 Å². The summed E-state index contributed by atoms with van der Waals surface area (Å²) in [6.45, 7) is 3.55. The average Bonchev–Trinajstić information content (AvgIpc) is 2.86. The molecule has 3 rings (SSSR count). The maximum Gasteiger partial charge on any atom is 0.416 e. The summed E-state index contributed by atoms with van der Waals surface area (Å²) < 4.78 is 38.6. The molecular weight excluding hydrogens is 349 g/mol. The Morgan fingerprint density at radius 1 is 0.880 bits per heavy atom. The van der Waals surface area contributed by atoms with Crippen molar-refractivity contribution >= 4 is 11.6 Å². The Bertz CT molecular complexity index is 675. The van der Waals surface area contributed by atoms with Crippen LogP contribution < -0.4 is 5.32 Å². The molecule has 6 heteroatoms. The lowest BCUT2D eigenvalue weighted by molar-refractivity contribution is -0.137. The Balaban J connectivity index is 1.96. The van der Waals surface area contributed by atoms with Gasteiger partial charge in [-0.25, -0.2) is 0 Å². The summed E-state index contributed by atoms with van der Waals surface area (Å²) in [4.78, 5) is 2.31. The van der Waals surface area contributed by atoms with E-state index in [1.165, 1.54) is 0 Å². The maximum absolute atomic E-state index is 12.9. The maximum atomic E-state index is 12.9. The van der Waals surface area contributed by atoms with E-state index in [1.807, 2.05) is 24.3 Å². The van der Waals surface area contributed by atoms with E-state index >= 15 is 0 Å². The van der Waals surface area contributed by atoms with Gasteiger partial charge in [0.25, 0.3) is 0 Å². The summed E-state index contributed by atoms with van der Waals surface area (Å²) in [5.41, 5.74) is 1.27. The average molecular weight is 369 g/mol. The van der Waals surface area contributed by atoms with Crippen LogP contribution in [0.3, 0.4) is 0 Å². The van der Waals surface area contributed by atoms with E-state index in [4.69, 9.17) is 11.6 Å². The lowest BCUT2D eigenvalue weighted by Crippen LogP contribution is -2.33. The third-order valence-corrected chi connectivity index (χ3v) is 4.73. The largest absolute Gasteiger partial charge is 0.416 e. The Morgan fingerprint density at radius 3 is 2.08 bits per heavy atom. The molecule has 1 atom stereocenters. The van der Waals surface area contributed by atoms with Crippen molar-refractivity contribution in [2.24, 2.45) is 0 Å². The number of nitrogens with one attached hydrogen (secondary N) is 1. The predicted octanol–water partition coefficient (Wildman–Crippen LogP) is 4.74. The second-order valence-corrected chi connectivity index (χ2v) is 6.65. The molecule has 1 fully saturated rings. The van der Waals surface area contributed by atoms with Crippen molar-refractivity contribution in [1.82, 2.24) is 10.2 Å². The first-order valence-electron chi connectivity index (χ1n) is 8.32. The van der Waals surface area contributed by atoms with Gasteiger partial charge in [0.15, 0.2) is 0 Å². The highest BCUT2D eigenvalue weighted by molar-refractivity contribution is 6.30. The third kappa shape index (κ3) is 4.54. The molecule has 0 spiro atoms. The number of alkyl halides is 3. The minimum absolute atomic E-state index is 0.0838. The van der Waals surface area contributed by atoms with Crippen LogP contribution in [0.25, 0.3) is 0 Å². The predicted molar refractivity (Wildman–Crippen MR) is 93.8 cm³/mol. The molecule has 2 aromatic carbocycles. The molecule has 1 saturated heterocycles. The normalized spacial score (nSPS) is 17.9. The Labute approximate surface area is 150 Å². The molecule has 1 N–H and O–H groups in total. The van der Waals surface area contributed by atoms with Crippen molar-refractivity contribution in [3.63, 3.8) is 0 Å². The molecule has 0 saturated carbocycles. The van der Waals surface area contributed by atoms with Crippen LogP contribution in [0.1, 0.15) is 29.2 Å².